The second kappa shape index (κ2) is 12.0. The number of ether oxygens (including phenoxy) is 1. The van der Waals surface area contributed by atoms with Crippen molar-refractivity contribution in [1.82, 2.24) is 29.5 Å². The van der Waals surface area contributed by atoms with Crippen LogP contribution in [0.4, 0.5) is 8.78 Å². The van der Waals surface area contributed by atoms with E-state index in [0.29, 0.717) is 29.9 Å². The number of likely N-dealkylation sites (tertiary alicyclic amines) is 1. The summed E-state index contributed by atoms with van der Waals surface area (Å²) >= 11 is 1.47. The van der Waals surface area contributed by atoms with Crippen LogP contribution >= 0.6 is 11.3 Å². The van der Waals surface area contributed by atoms with Crippen molar-refractivity contribution in [3.8, 4) is 39.4 Å². The molecule has 46 heavy (non-hydrogen) atoms. The molecular formula is C35H34F2N6O2S. The summed E-state index contributed by atoms with van der Waals surface area (Å²) in [4.78, 5) is 26.3. The summed E-state index contributed by atoms with van der Waals surface area (Å²) in [6.45, 7) is 10.1. The molecule has 0 spiro atoms. The lowest BCUT2D eigenvalue weighted by Gasteiger charge is -2.24. The SMILES string of the molecule is C=CC(=O)N1CC[C@H](n2cc(-c3nc(-c4cnc5c(c4)CN(C)CC5)c4ccsc4c3-c3c(F)cc(F)cc3OC(C)C)cn2)C1. The number of benzene rings is 1. The van der Waals surface area contributed by atoms with Crippen molar-refractivity contribution in [2.75, 3.05) is 26.7 Å². The standard InChI is InChI=1S/C35H34F2N6O2S/c1-5-30(44)42-10-6-25(19-42)43-18-23(16-39-43)34-32(31-27(37)13-24(36)14-29(31)45-20(2)3)35-26(8-11-46-35)33(40-34)21-12-22-17-41(4)9-7-28(22)38-15-21/h5,8,11-16,18,20,25H,1,6-7,9-10,17,19H2,2-4H3/t25-/m0/s1. The van der Waals surface area contributed by atoms with Crippen LogP contribution in [0, 0.1) is 11.6 Å². The lowest BCUT2D eigenvalue weighted by atomic mass is 9.95. The molecule has 2 aliphatic rings. The number of amides is 1. The first-order valence-electron chi connectivity index (χ1n) is 15.4. The minimum Gasteiger partial charge on any atom is -0.490 e. The molecule has 6 heterocycles. The molecule has 1 aromatic carbocycles. The Kier molecular flexibility index (Phi) is 7.90. The van der Waals surface area contributed by atoms with Crippen LogP contribution in [0.3, 0.4) is 0 Å². The summed E-state index contributed by atoms with van der Waals surface area (Å²) in [7, 11) is 2.10. The maximum atomic E-state index is 16.0. The molecule has 7 rings (SSSR count). The Labute approximate surface area is 270 Å². The van der Waals surface area contributed by atoms with Crippen molar-refractivity contribution in [1.29, 1.82) is 0 Å². The fraction of sp³-hybridized carbons (Fsp3) is 0.314. The highest BCUT2D eigenvalue weighted by Crippen LogP contribution is 2.47. The Bertz CT molecular complexity index is 1990. The van der Waals surface area contributed by atoms with E-state index in [4.69, 9.17) is 14.7 Å². The first-order valence-corrected chi connectivity index (χ1v) is 16.3. The highest BCUT2D eigenvalue weighted by molar-refractivity contribution is 7.18. The van der Waals surface area contributed by atoms with Gasteiger partial charge in [0, 0.05) is 89.6 Å². The molecule has 0 aliphatic carbocycles. The smallest absolute Gasteiger partial charge is 0.246 e. The second-order valence-corrected chi connectivity index (χ2v) is 13.1. The number of nitrogens with zero attached hydrogens (tertiary/aromatic N) is 6. The van der Waals surface area contributed by atoms with Crippen LogP contribution in [0.25, 0.3) is 43.7 Å². The molecule has 0 saturated carbocycles. The molecular weight excluding hydrogens is 606 g/mol. The number of rotatable bonds is 7. The van der Waals surface area contributed by atoms with Gasteiger partial charge in [-0.2, -0.15) is 5.10 Å². The molecule has 1 fully saturated rings. The number of halogens is 2. The van der Waals surface area contributed by atoms with Gasteiger partial charge < -0.3 is 14.5 Å². The average molecular weight is 641 g/mol. The summed E-state index contributed by atoms with van der Waals surface area (Å²) in [5.41, 5.74) is 5.68. The number of fused-ring (bicyclic) bond motifs is 2. The molecule has 1 atom stereocenters. The monoisotopic (exact) mass is 640 g/mol. The number of hydrogen-bond acceptors (Lipinski definition) is 7. The predicted molar refractivity (Wildman–Crippen MR) is 176 cm³/mol. The maximum absolute atomic E-state index is 16.0. The largest absolute Gasteiger partial charge is 0.490 e. The molecule has 8 nitrogen and oxygen atoms in total. The van der Waals surface area contributed by atoms with Crippen LogP contribution in [-0.2, 0) is 17.8 Å². The fourth-order valence-corrected chi connectivity index (χ4v) is 7.42. The first-order chi connectivity index (χ1) is 22.2. The number of hydrogen-bond donors (Lipinski definition) is 0. The molecule has 2 aliphatic heterocycles. The lowest BCUT2D eigenvalue weighted by molar-refractivity contribution is -0.125. The quantitative estimate of drug-likeness (QED) is 0.180. The number of likely N-dealkylation sites (N-methyl/N-ethyl adjacent to an activating group) is 1. The Morgan fingerprint density at radius 1 is 1.13 bits per heavy atom. The van der Waals surface area contributed by atoms with E-state index < -0.39 is 11.6 Å². The molecule has 0 radical (unpaired) electrons. The minimum atomic E-state index is -0.735. The van der Waals surface area contributed by atoms with Gasteiger partial charge in [-0.25, -0.2) is 13.8 Å². The molecule has 5 aromatic rings. The maximum Gasteiger partial charge on any atom is 0.246 e. The van der Waals surface area contributed by atoms with E-state index >= 15 is 4.39 Å². The zero-order valence-electron chi connectivity index (χ0n) is 26.0. The number of thiophene rings is 1. The summed E-state index contributed by atoms with van der Waals surface area (Å²) < 4.78 is 39.3. The van der Waals surface area contributed by atoms with Gasteiger partial charge >= 0.3 is 0 Å². The fourth-order valence-electron chi connectivity index (χ4n) is 6.47. The molecule has 4 aromatic heterocycles. The Hall–Kier alpha value is -4.48. The number of aromatic nitrogens is 4. The van der Waals surface area contributed by atoms with Gasteiger partial charge in [-0.15, -0.1) is 11.3 Å². The summed E-state index contributed by atoms with van der Waals surface area (Å²) in [5, 5.41) is 7.49. The summed E-state index contributed by atoms with van der Waals surface area (Å²) in [5.74, 6) is -1.45. The van der Waals surface area contributed by atoms with Gasteiger partial charge in [-0.1, -0.05) is 6.58 Å². The number of pyridine rings is 2. The van der Waals surface area contributed by atoms with Gasteiger partial charge in [0.25, 0.3) is 0 Å². The van der Waals surface area contributed by atoms with E-state index in [1.165, 1.54) is 23.5 Å². The van der Waals surface area contributed by atoms with Crippen molar-refractivity contribution < 1.29 is 18.3 Å². The summed E-state index contributed by atoms with van der Waals surface area (Å²) in [6, 6.07) is 6.22. The second-order valence-electron chi connectivity index (χ2n) is 12.2. The normalized spacial score (nSPS) is 16.7. The third-order valence-corrected chi connectivity index (χ3v) is 9.57. The van der Waals surface area contributed by atoms with Gasteiger partial charge in [0.2, 0.25) is 5.91 Å². The molecule has 0 bridgehead atoms. The van der Waals surface area contributed by atoms with Crippen molar-refractivity contribution in [2.24, 2.45) is 0 Å². The van der Waals surface area contributed by atoms with Crippen LogP contribution in [0.1, 0.15) is 37.6 Å². The van der Waals surface area contributed by atoms with Gasteiger partial charge in [0.05, 0.1) is 35.3 Å². The van der Waals surface area contributed by atoms with Crippen molar-refractivity contribution in [3.63, 3.8) is 0 Å². The van der Waals surface area contributed by atoms with E-state index in [9.17, 15) is 9.18 Å². The van der Waals surface area contributed by atoms with Gasteiger partial charge in [0.1, 0.15) is 17.4 Å². The number of carbonyl (C=O) groups is 1. The van der Waals surface area contributed by atoms with Gasteiger partial charge in [0.15, 0.2) is 0 Å². The Morgan fingerprint density at radius 2 is 1.98 bits per heavy atom. The third-order valence-electron chi connectivity index (χ3n) is 8.64. The van der Waals surface area contributed by atoms with Gasteiger partial charge in [-0.3, -0.25) is 14.5 Å². The van der Waals surface area contributed by atoms with Crippen molar-refractivity contribution in [2.45, 2.75) is 45.4 Å². The summed E-state index contributed by atoms with van der Waals surface area (Å²) in [6.07, 6.45) is 8.11. The highest BCUT2D eigenvalue weighted by atomic mass is 32.1. The van der Waals surface area contributed by atoms with Crippen LogP contribution < -0.4 is 4.74 Å². The predicted octanol–water partition coefficient (Wildman–Crippen LogP) is 6.90. The molecule has 1 amide bonds. The molecule has 11 heteroatoms. The molecule has 236 valence electrons. The van der Waals surface area contributed by atoms with E-state index in [-0.39, 0.29) is 29.4 Å². The van der Waals surface area contributed by atoms with Gasteiger partial charge in [-0.05, 0) is 56.5 Å². The molecule has 1 saturated heterocycles. The molecule has 0 unspecified atom stereocenters. The van der Waals surface area contributed by atoms with E-state index in [2.05, 4.69) is 29.7 Å². The van der Waals surface area contributed by atoms with Crippen LogP contribution in [0.2, 0.25) is 0 Å². The zero-order chi connectivity index (χ0) is 32.1. The topological polar surface area (TPSA) is 76.4 Å². The van der Waals surface area contributed by atoms with Crippen LogP contribution in [0.15, 0.2) is 60.9 Å². The van der Waals surface area contributed by atoms with Crippen LogP contribution in [0.5, 0.6) is 5.75 Å². The molecule has 0 N–H and O–H groups in total. The number of carbonyl (C=O) groups excluding carboxylic acids is 1. The lowest BCUT2D eigenvalue weighted by Crippen LogP contribution is -2.27. The third kappa shape index (κ3) is 5.47. The van der Waals surface area contributed by atoms with Crippen molar-refractivity contribution >= 4 is 27.3 Å². The average Bonchev–Trinajstić information content (AvgIpc) is 3.81. The van der Waals surface area contributed by atoms with E-state index in [1.807, 2.05) is 42.4 Å². The first kappa shape index (κ1) is 30.2. The van der Waals surface area contributed by atoms with E-state index in [1.54, 1.807) is 11.1 Å². The Balaban J connectivity index is 1.44. The Morgan fingerprint density at radius 3 is 2.78 bits per heavy atom. The highest BCUT2D eigenvalue weighted by Gasteiger charge is 2.30. The minimum absolute atomic E-state index is 0.0322. The van der Waals surface area contributed by atoms with Crippen LogP contribution in [-0.4, -0.2) is 68.2 Å². The van der Waals surface area contributed by atoms with E-state index in [0.717, 1.165) is 64.6 Å². The van der Waals surface area contributed by atoms with Crippen molar-refractivity contribution in [3.05, 3.63) is 83.8 Å². The zero-order valence-corrected chi connectivity index (χ0v) is 26.8.